The molecule has 0 aliphatic heterocycles. The van der Waals surface area contributed by atoms with Gasteiger partial charge in [-0.25, -0.2) is 0 Å². The number of carbonyl (C=O) groups is 1. The molecule has 0 spiro atoms. The van der Waals surface area contributed by atoms with Crippen molar-refractivity contribution in [1.29, 1.82) is 0 Å². The summed E-state index contributed by atoms with van der Waals surface area (Å²) in [6.45, 7) is 3.91. The van der Waals surface area contributed by atoms with Crippen molar-refractivity contribution in [3.8, 4) is 0 Å². The number of methoxy groups -OCH3 is 1. The first-order valence-corrected chi connectivity index (χ1v) is 5.60. The molecule has 3 heteroatoms. The van der Waals surface area contributed by atoms with Crippen molar-refractivity contribution in [1.82, 2.24) is 5.32 Å². The number of ether oxygens (including phenoxy) is 1. The summed E-state index contributed by atoms with van der Waals surface area (Å²) < 4.78 is 4.94. The maximum absolute atomic E-state index is 11.6. The van der Waals surface area contributed by atoms with E-state index in [1.54, 1.807) is 14.0 Å². The summed E-state index contributed by atoms with van der Waals surface area (Å²) in [5, 5.41) is 3.07. The largest absolute Gasteiger partial charge is 0.501 e. The molecule has 0 saturated heterocycles. The maximum atomic E-state index is 11.6. The number of nitrogens with one attached hydrogen (secondary N) is 1. The second-order valence-electron chi connectivity index (χ2n) is 4.57. The number of hydrogen-bond donors (Lipinski definition) is 1. The average Bonchev–Trinajstić information content (AvgIpc) is 2.17. The van der Waals surface area contributed by atoms with E-state index in [2.05, 4.69) is 12.2 Å². The van der Waals surface area contributed by atoms with Crippen LogP contribution in [0.5, 0.6) is 0 Å². The maximum Gasteiger partial charge on any atom is 0.247 e. The van der Waals surface area contributed by atoms with Crippen molar-refractivity contribution in [3.63, 3.8) is 0 Å². The van der Waals surface area contributed by atoms with Gasteiger partial charge >= 0.3 is 0 Å². The van der Waals surface area contributed by atoms with Gasteiger partial charge < -0.3 is 10.1 Å². The van der Waals surface area contributed by atoms with Crippen LogP contribution in [0, 0.1) is 0 Å². The van der Waals surface area contributed by atoms with Crippen molar-refractivity contribution in [3.05, 3.63) is 11.8 Å². The van der Waals surface area contributed by atoms with Crippen LogP contribution in [0.2, 0.25) is 0 Å². The molecule has 0 aromatic heterocycles. The van der Waals surface area contributed by atoms with Gasteiger partial charge in [-0.15, -0.1) is 0 Å². The van der Waals surface area contributed by atoms with Crippen molar-refractivity contribution in [2.45, 2.75) is 51.5 Å². The molecule has 1 aliphatic rings. The first-order valence-electron chi connectivity index (χ1n) is 5.60. The molecule has 1 aliphatic carbocycles. The van der Waals surface area contributed by atoms with Crippen molar-refractivity contribution in [2.75, 3.05) is 7.11 Å². The highest BCUT2D eigenvalue weighted by Gasteiger charge is 2.27. The highest BCUT2D eigenvalue weighted by Crippen LogP contribution is 2.27. The van der Waals surface area contributed by atoms with Crippen molar-refractivity contribution in [2.24, 2.45) is 0 Å². The minimum absolute atomic E-state index is 0.0140. The molecule has 1 N–H and O–H groups in total. The highest BCUT2D eigenvalue weighted by atomic mass is 16.5. The van der Waals surface area contributed by atoms with Gasteiger partial charge in [0.2, 0.25) is 5.91 Å². The van der Waals surface area contributed by atoms with Gasteiger partial charge in [0.1, 0.15) is 0 Å². The number of carbonyl (C=O) groups excluding carboxylic acids is 1. The molecule has 0 unspecified atom stereocenters. The Hall–Kier alpha value is -0.990. The van der Waals surface area contributed by atoms with E-state index < -0.39 is 0 Å². The summed E-state index contributed by atoms with van der Waals surface area (Å²) in [5.41, 5.74) is -0.0140. The molecule has 1 rings (SSSR count). The monoisotopic (exact) mass is 211 g/mol. The van der Waals surface area contributed by atoms with Crippen LogP contribution in [0.25, 0.3) is 0 Å². The third-order valence-corrected chi connectivity index (χ3v) is 3.04. The van der Waals surface area contributed by atoms with E-state index in [-0.39, 0.29) is 11.4 Å². The predicted molar refractivity (Wildman–Crippen MR) is 60.4 cm³/mol. The molecular weight excluding hydrogens is 190 g/mol. The van der Waals surface area contributed by atoms with Crippen LogP contribution in [0.4, 0.5) is 0 Å². The Labute approximate surface area is 91.9 Å². The summed E-state index contributed by atoms with van der Waals surface area (Å²) in [6.07, 6.45) is 7.39. The Balaban J connectivity index is 2.49. The number of allylic oxidation sites excluding steroid dienone is 1. The number of rotatable bonds is 3. The van der Waals surface area contributed by atoms with Crippen molar-refractivity contribution < 1.29 is 9.53 Å². The Bertz CT molecular complexity index is 252. The van der Waals surface area contributed by atoms with Crippen LogP contribution in [0.1, 0.15) is 46.0 Å². The Morgan fingerprint density at radius 3 is 2.47 bits per heavy atom. The fourth-order valence-electron chi connectivity index (χ4n) is 2.03. The van der Waals surface area contributed by atoms with E-state index in [1.807, 2.05) is 0 Å². The summed E-state index contributed by atoms with van der Waals surface area (Å²) in [4.78, 5) is 11.6. The lowest BCUT2D eigenvalue weighted by atomic mass is 9.83. The average molecular weight is 211 g/mol. The van der Waals surface area contributed by atoms with Gasteiger partial charge in [0.25, 0.3) is 0 Å². The fraction of sp³-hybridized carbons (Fsp3) is 0.750. The van der Waals surface area contributed by atoms with E-state index in [0.29, 0.717) is 5.76 Å². The molecule has 1 fully saturated rings. The Morgan fingerprint density at radius 2 is 1.93 bits per heavy atom. The van der Waals surface area contributed by atoms with E-state index in [9.17, 15) is 4.79 Å². The zero-order valence-electron chi connectivity index (χ0n) is 9.93. The second kappa shape index (κ2) is 5.19. The van der Waals surface area contributed by atoms with Gasteiger partial charge in [-0.1, -0.05) is 19.3 Å². The van der Waals surface area contributed by atoms with Gasteiger partial charge in [0.15, 0.2) is 0 Å². The highest BCUT2D eigenvalue weighted by molar-refractivity contribution is 5.88. The molecule has 0 aromatic carbocycles. The molecule has 0 aromatic rings. The van der Waals surface area contributed by atoms with Crippen LogP contribution >= 0.6 is 0 Å². The van der Waals surface area contributed by atoms with Crippen LogP contribution in [-0.2, 0) is 9.53 Å². The number of amides is 1. The lowest BCUT2D eigenvalue weighted by molar-refractivity contribution is -0.118. The molecule has 0 radical (unpaired) electrons. The first kappa shape index (κ1) is 12.1. The van der Waals surface area contributed by atoms with Gasteiger partial charge in [0, 0.05) is 11.6 Å². The third kappa shape index (κ3) is 3.94. The van der Waals surface area contributed by atoms with Gasteiger partial charge in [-0.05, 0) is 26.7 Å². The van der Waals surface area contributed by atoms with Crippen LogP contribution in [-0.4, -0.2) is 18.6 Å². The van der Waals surface area contributed by atoms with E-state index in [4.69, 9.17) is 4.74 Å². The smallest absolute Gasteiger partial charge is 0.247 e. The fourth-order valence-corrected chi connectivity index (χ4v) is 2.03. The molecule has 1 saturated carbocycles. The molecule has 3 nitrogen and oxygen atoms in total. The Kier molecular flexibility index (Phi) is 4.18. The zero-order valence-corrected chi connectivity index (χ0v) is 9.93. The van der Waals surface area contributed by atoms with E-state index >= 15 is 0 Å². The summed E-state index contributed by atoms with van der Waals surface area (Å²) in [7, 11) is 1.57. The molecule has 0 atom stereocenters. The molecule has 0 heterocycles. The topological polar surface area (TPSA) is 38.3 Å². The number of hydrogen-bond acceptors (Lipinski definition) is 2. The summed E-state index contributed by atoms with van der Waals surface area (Å²) >= 11 is 0. The van der Waals surface area contributed by atoms with Gasteiger partial charge in [-0.2, -0.15) is 0 Å². The SMILES string of the molecule is COC(C)=CC(=O)NC1(C)CCCCC1. The third-order valence-electron chi connectivity index (χ3n) is 3.04. The standard InChI is InChI=1S/C12H21NO2/c1-10(15-3)9-11(14)13-12(2)7-5-4-6-8-12/h9H,4-8H2,1-3H3,(H,13,14). The lowest BCUT2D eigenvalue weighted by Gasteiger charge is -2.34. The van der Waals surface area contributed by atoms with E-state index in [0.717, 1.165) is 12.8 Å². The molecule has 15 heavy (non-hydrogen) atoms. The quantitative estimate of drug-likeness (QED) is 0.575. The zero-order chi connectivity index (χ0) is 11.3. The second-order valence-corrected chi connectivity index (χ2v) is 4.57. The molecule has 0 bridgehead atoms. The van der Waals surface area contributed by atoms with Crippen molar-refractivity contribution >= 4 is 5.91 Å². The molecular formula is C12H21NO2. The summed E-state index contributed by atoms with van der Waals surface area (Å²) in [6, 6.07) is 0. The van der Waals surface area contributed by atoms with Gasteiger partial charge in [-0.3, -0.25) is 4.79 Å². The first-order chi connectivity index (χ1) is 7.06. The molecule has 86 valence electrons. The van der Waals surface area contributed by atoms with Crippen LogP contribution in [0.3, 0.4) is 0 Å². The lowest BCUT2D eigenvalue weighted by Crippen LogP contribution is -2.46. The minimum atomic E-state index is -0.0428. The Morgan fingerprint density at radius 1 is 1.33 bits per heavy atom. The van der Waals surface area contributed by atoms with E-state index in [1.165, 1.54) is 25.3 Å². The van der Waals surface area contributed by atoms with Gasteiger partial charge in [0.05, 0.1) is 12.9 Å². The molecule has 1 amide bonds. The minimum Gasteiger partial charge on any atom is -0.501 e. The normalized spacial score (nSPS) is 20.9. The van der Waals surface area contributed by atoms with Crippen LogP contribution < -0.4 is 5.32 Å². The van der Waals surface area contributed by atoms with Crippen LogP contribution in [0.15, 0.2) is 11.8 Å². The summed E-state index contributed by atoms with van der Waals surface area (Å²) in [5.74, 6) is 0.602. The predicted octanol–water partition coefficient (Wildman–Crippen LogP) is 2.38.